The number of hydrogen-bond donors (Lipinski definition) is 2. The lowest BCUT2D eigenvalue weighted by Gasteiger charge is -2.24. The third-order valence-corrected chi connectivity index (χ3v) is 3.87. The summed E-state index contributed by atoms with van der Waals surface area (Å²) in [5.74, 6) is -1.03. The van der Waals surface area contributed by atoms with Crippen molar-refractivity contribution in [3.05, 3.63) is 0 Å². The zero-order chi connectivity index (χ0) is 13.6. The molecule has 0 aromatic carbocycles. The molecule has 2 amide bonds. The topological polar surface area (TPSA) is 86.7 Å². The van der Waals surface area contributed by atoms with Crippen molar-refractivity contribution in [1.29, 1.82) is 0 Å². The van der Waals surface area contributed by atoms with E-state index in [1.807, 2.05) is 0 Å². The zero-order valence-electron chi connectivity index (χ0n) is 10.6. The Morgan fingerprint density at radius 3 is 2.35 bits per heavy atom. The number of amides is 2. The minimum Gasteiger partial charge on any atom is -0.480 e. The number of carbonyl (C=O) groups is 2. The van der Waals surface area contributed by atoms with Crippen molar-refractivity contribution in [3.8, 4) is 0 Å². The SMILES string of the molecule is CCC(C(=O)O)N(C)C(=O)NCC(C)S(C)=O. The second kappa shape index (κ2) is 7.26. The van der Waals surface area contributed by atoms with Gasteiger partial charge in [0.1, 0.15) is 6.04 Å². The number of likely N-dealkylation sites (N-methyl/N-ethyl adjacent to an activating group) is 1. The lowest BCUT2D eigenvalue weighted by molar-refractivity contribution is -0.141. The van der Waals surface area contributed by atoms with Gasteiger partial charge in [-0.2, -0.15) is 0 Å². The molecule has 0 saturated heterocycles. The maximum absolute atomic E-state index is 11.6. The van der Waals surface area contributed by atoms with Crippen LogP contribution in [0.25, 0.3) is 0 Å². The third kappa shape index (κ3) is 5.16. The molecule has 0 heterocycles. The number of hydrogen-bond acceptors (Lipinski definition) is 3. The fourth-order valence-electron chi connectivity index (χ4n) is 1.23. The monoisotopic (exact) mass is 264 g/mol. The van der Waals surface area contributed by atoms with Gasteiger partial charge in [0.05, 0.1) is 0 Å². The van der Waals surface area contributed by atoms with Crippen LogP contribution in [0, 0.1) is 0 Å². The van der Waals surface area contributed by atoms with Crippen molar-refractivity contribution in [3.63, 3.8) is 0 Å². The molecule has 0 aliphatic carbocycles. The molecule has 100 valence electrons. The maximum atomic E-state index is 11.6. The first-order chi connectivity index (χ1) is 7.81. The highest BCUT2D eigenvalue weighted by Crippen LogP contribution is 2.02. The van der Waals surface area contributed by atoms with Crippen LogP contribution >= 0.6 is 0 Å². The van der Waals surface area contributed by atoms with Gasteiger partial charge in [-0.1, -0.05) is 6.92 Å². The quantitative estimate of drug-likeness (QED) is 0.720. The number of urea groups is 1. The number of carboxylic acids is 1. The molecule has 3 atom stereocenters. The molecule has 0 aliphatic rings. The van der Waals surface area contributed by atoms with Crippen LogP contribution in [-0.4, -0.2) is 57.4 Å². The molecule has 0 rings (SSSR count). The van der Waals surface area contributed by atoms with E-state index in [0.29, 0.717) is 6.42 Å². The smallest absolute Gasteiger partial charge is 0.326 e. The molecule has 0 aromatic heterocycles. The van der Waals surface area contributed by atoms with Crippen LogP contribution in [-0.2, 0) is 15.6 Å². The molecule has 0 spiro atoms. The summed E-state index contributed by atoms with van der Waals surface area (Å²) >= 11 is 0. The van der Waals surface area contributed by atoms with Gasteiger partial charge in [-0.15, -0.1) is 0 Å². The number of carboxylic acid groups (broad SMARTS) is 1. The lowest BCUT2D eigenvalue weighted by atomic mass is 10.2. The van der Waals surface area contributed by atoms with Crippen molar-refractivity contribution in [2.24, 2.45) is 0 Å². The van der Waals surface area contributed by atoms with Crippen LogP contribution < -0.4 is 5.32 Å². The van der Waals surface area contributed by atoms with Crippen LogP contribution in [0.3, 0.4) is 0 Å². The highest BCUT2D eigenvalue weighted by molar-refractivity contribution is 7.84. The summed E-state index contributed by atoms with van der Waals surface area (Å²) in [6.45, 7) is 3.72. The third-order valence-electron chi connectivity index (χ3n) is 2.57. The van der Waals surface area contributed by atoms with Crippen molar-refractivity contribution in [2.75, 3.05) is 19.8 Å². The van der Waals surface area contributed by atoms with E-state index in [-0.39, 0.29) is 11.8 Å². The minimum absolute atomic E-state index is 0.155. The Hall–Kier alpha value is -1.11. The van der Waals surface area contributed by atoms with Gasteiger partial charge in [-0.3, -0.25) is 4.21 Å². The predicted octanol–water partition coefficient (Wildman–Crippen LogP) is 0.258. The number of rotatable bonds is 6. The molecular formula is C10H20N2O4S. The Labute approximate surface area is 104 Å². The average molecular weight is 264 g/mol. The maximum Gasteiger partial charge on any atom is 0.326 e. The Morgan fingerprint density at radius 2 is 2.00 bits per heavy atom. The number of nitrogens with zero attached hydrogens (tertiary/aromatic N) is 1. The van der Waals surface area contributed by atoms with E-state index >= 15 is 0 Å². The standard InChI is InChI=1S/C10H20N2O4S/c1-5-8(9(13)14)12(3)10(15)11-6-7(2)17(4)16/h7-8H,5-6H2,1-4H3,(H,11,15)(H,13,14). The molecule has 0 saturated carbocycles. The van der Waals surface area contributed by atoms with E-state index < -0.39 is 28.8 Å². The van der Waals surface area contributed by atoms with E-state index in [2.05, 4.69) is 5.32 Å². The van der Waals surface area contributed by atoms with Crippen molar-refractivity contribution in [1.82, 2.24) is 10.2 Å². The molecule has 7 heteroatoms. The average Bonchev–Trinajstić information content (AvgIpc) is 2.25. The molecule has 3 unspecified atom stereocenters. The molecule has 0 fully saturated rings. The Kier molecular flexibility index (Phi) is 6.79. The van der Waals surface area contributed by atoms with Gasteiger partial charge in [-0.25, -0.2) is 9.59 Å². The first-order valence-corrected chi connectivity index (χ1v) is 6.99. The normalized spacial score (nSPS) is 15.8. The van der Waals surface area contributed by atoms with E-state index in [1.165, 1.54) is 7.05 Å². The highest BCUT2D eigenvalue weighted by Gasteiger charge is 2.24. The van der Waals surface area contributed by atoms with Gasteiger partial charge < -0.3 is 15.3 Å². The van der Waals surface area contributed by atoms with E-state index in [4.69, 9.17) is 5.11 Å². The van der Waals surface area contributed by atoms with Crippen molar-refractivity contribution in [2.45, 2.75) is 31.6 Å². The Balaban J connectivity index is 4.31. The summed E-state index contributed by atoms with van der Waals surface area (Å²) in [6, 6.07) is -1.30. The molecule has 0 bridgehead atoms. The molecule has 6 nitrogen and oxygen atoms in total. The highest BCUT2D eigenvalue weighted by atomic mass is 32.2. The second-order valence-electron chi connectivity index (χ2n) is 3.87. The van der Waals surface area contributed by atoms with E-state index in [1.54, 1.807) is 20.1 Å². The number of carbonyl (C=O) groups excluding carboxylic acids is 1. The molecule has 2 N–H and O–H groups in total. The van der Waals surface area contributed by atoms with Crippen LogP contribution in [0.5, 0.6) is 0 Å². The van der Waals surface area contributed by atoms with Crippen molar-refractivity contribution >= 4 is 22.8 Å². The van der Waals surface area contributed by atoms with E-state index in [0.717, 1.165) is 4.90 Å². The predicted molar refractivity (Wildman–Crippen MR) is 66.4 cm³/mol. The molecule has 17 heavy (non-hydrogen) atoms. The molecule has 0 radical (unpaired) electrons. The second-order valence-corrected chi connectivity index (χ2v) is 5.67. The lowest BCUT2D eigenvalue weighted by Crippen LogP contribution is -2.48. The Bertz CT molecular complexity index is 309. The minimum atomic E-state index is -1.03. The summed E-state index contributed by atoms with van der Waals surface area (Å²) in [4.78, 5) is 23.6. The molecular weight excluding hydrogens is 244 g/mol. The van der Waals surface area contributed by atoms with Crippen LogP contribution in [0.1, 0.15) is 20.3 Å². The van der Waals surface area contributed by atoms with Crippen LogP contribution in [0.2, 0.25) is 0 Å². The van der Waals surface area contributed by atoms with Gasteiger partial charge in [0.15, 0.2) is 0 Å². The summed E-state index contributed by atoms with van der Waals surface area (Å²) in [5.41, 5.74) is 0. The van der Waals surface area contributed by atoms with Gasteiger partial charge in [-0.05, 0) is 13.3 Å². The number of aliphatic carboxylic acids is 1. The number of nitrogens with one attached hydrogen (secondary N) is 1. The fourth-order valence-corrected chi connectivity index (χ4v) is 1.55. The fraction of sp³-hybridized carbons (Fsp3) is 0.800. The van der Waals surface area contributed by atoms with Gasteiger partial charge in [0.25, 0.3) is 0 Å². The first-order valence-electron chi connectivity index (χ1n) is 5.36. The summed E-state index contributed by atoms with van der Waals surface area (Å²) in [5, 5.41) is 11.3. The zero-order valence-corrected chi connectivity index (χ0v) is 11.4. The summed E-state index contributed by atoms with van der Waals surface area (Å²) in [6.07, 6.45) is 1.90. The summed E-state index contributed by atoms with van der Waals surface area (Å²) in [7, 11) is 0.425. The van der Waals surface area contributed by atoms with Gasteiger partial charge in [0, 0.05) is 35.9 Å². The first kappa shape index (κ1) is 15.9. The van der Waals surface area contributed by atoms with Crippen LogP contribution in [0.15, 0.2) is 0 Å². The Morgan fingerprint density at radius 1 is 1.47 bits per heavy atom. The van der Waals surface area contributed by atoms with Crippen LogP contribution in [0.4, 0.5) is 4.79 Å². The molecule has 0 aromatic rings. The molecule has 0 aliphatic heterocycles. The van der Waals surface area contributed by atoms with Crippen molar-refractivity contribution < 1.29 is 18.9 Å². The van der Waals surface area contributed by atoms with Gasteiger partial charge in [0.2, 0.25) is 0 Å². The van der Waals surface area contributed by atoms with Gasteiger partial charge >= 0.3 is 12.0 Å². The summed E-state index contributed by atoms with van der Waals surface area (Å²) < 4.78 is 11.1. The van der Waals surface area contributed by atoms with E-state index in [9.17, 15) is 13.8 Å². The largest absolute Gasteiger partial charge is 0.480 e.